The van der Waals surface area contributed by atoms with Crippen LogP contribution in [-0.2, 0) is 4.74 Å². The number of pyridine rings is 1. The molecule has 0 aliphatic heterocycles. The summed E-state index contributed by atoms with van der Waals surface area (Å²) in [7, 11) is 0. The van der Waals surface area contributed by atoms with E-state index in [0.717, 1.165) is 22.0 Å². The zero-order valence-corrected chi connectivity index (χ0v) is 13.3. The van der Waals surface area contributed by atoms with Gasteiger partial charge in [0.25, 0.3) is 0 Å². The summed E-state index contributed by atoms with van der Waals surface area (Å²) in [6.45, 7) is 2.13. The van der Waals surface area contributed by atoms with E-state index in [2.05, 4.69) is 0 Å². The molecule has 24 heavy (non-hydrogen) atoms. The Morgan fingerprint density at radius 2 is 1.79 bits per heavy atom. The molecule has 4 nitrogen and oxygen atoms in total. The third kappa shape index (κ3) is 2.24. The topological polar surface area (TPSA) is 43.6 Å². The van der Waals surface area contributed by atoms with Crippen LogP contribution in [0.5, 0.6) is 0 Å². The number of carbonyl (C=O) groups excluding carboxylic acids is 1. The van der Waals surface area contributed by atoms with Crippen molar-refractivity contribution in [2.24, 2.45) is 0 Å². The van der Waals surface area contributed by atoms with E-state index in [4.69, 9.17) is 9.72 Å². The van der Waals surface area contributed by atoms with Gasteiger partial charge in [0.05, 0.1) is 6.61 Å². The molecule has 4 aromatic rings. The summed E-state index contributed by atoms with van der Waals surface area (Å²) in [5.41, 5.74) is 2.76. The van der Waals surface area contributed by atoms with E-state index >= 15 is 0 Å². The zero-order valence-electron chi connectivity index (χ0n) is 13.3. The number of fused-ring (bicyclic) bond motifs is 3. The number of rotatable bonds is 3. The number of carbonyl (C=O) groups is 1. The molecule has 0 aliphatic rings. The number of aromatic nitrogens is 2. The molecular formula is C20H16N2O2. The number of ether oxygens (including phenoxy) is 1. The Kier molecular flexibility index (Phi) is 3.50. The van der Waals surface area contributed by atoms with Gasteiger partial charge in [-0.3, -0.25) is 4.40 Å². The summed E-state index contributed by atoms with van der Waals surface area (Å²) >= 11 is 0. The van der Waals surface area contributed by atoms with Crippen molar-refractivity contribution in [2.75, 3.05) is 6.61 Å². The van der Waals surface area contributed by atoms with E-state index in [-0.39, 0.29) is 5.97 Å². The summed E-state index contributed by atoms with van der Waals surface area (Å²) in [5, 5.41) is 2.10. The first-order chi connectivity index (χ1) is 11.8. The molecule has 0 saturated carbocycles. The molecule has 4 heteroatoms. The molecule has 0 spiro atoms. The van der Waals surface area contributed by atoms with Crippen molar-refractivity contribution in [3.63, 3.8) is 0 Å². The maximum atomic E-state index is 12.6. The number of hydrogen-bond acceptors (Lipinski definition) is 3. The summed E-state index contributed by atoms with van der Waals surface area (Å²) in [4.78, 5) is 17.3. The molecule has 0 bridgehead atoms. The van der Waals surface area contributed by atoms with Crippen molar-refractivity contribution in [2.45, 2.75) is 6.92 Å². The molecule has 2 aromatic carbocycles. The smallest absolute Gasteiger partial charge is 0.357 e. The number of hydrogen-bond donors (Lipinski definition) is 0. The van der Waals surface area contributed by atoms with Gasteiger partial charge in [0, 0.05) is 17.1 Å². The van der Waals surface area contributed by atoms with E-state index in [0.29, 0.717) is 18.0 Å². The minimum atomic E-state index is -0.362. The van der Waals surface area contributed by atoms with Gasteiger partial charge in [-0.05, 0) is 18.4 Å². The van der Waals surface area contributed by atoms with Gasteiger partial charge in [0.15, 0.2) is 5.69 Å². The van der Waals surface area contributed by atoms with Crippen molar-refractivity contribution in [3.05, 3.63) is 72.6 Å². The van der Waals surface area contributed by atoms with Crippen molar-refractivity contribution in [3.8, 4) is 11.3 Å². The van der Waals surface area contributed by atoms with Gasteiger partial charge in [-0.15, -0.1) is 0 Å². The lowest BCUT2D eigenvalue weighted by Gasteiger charge is -2.05. The molecule has 0 unspecified atom stereocenters. The van der Waals surface area contributed by atoms with Crippen molar-refractivity contribution in [1.29, 1.82) is 0 Å². The Hall–Kier alpha value is -3.14. The molecule has 0 amide bonds. The summed E-state index contributed by atoms with van der Waals surface area (Å²) < 4.78 is 7.09. The summed E-state index contributed by atoms with van der Waals surface area (Å²) in [5.74, 6) is -0.362. The minimum Gasteiger partial charge on any atom is -0.461 e. The van der Waals surface area contributed by atoms with Crippen LogP contribution >= 0.6 is 0 Å². The lowest BCUT2D eigenvalue weighted by Crippen LogP contribution is -2.09. The van der Waals surface area contributed by atoms with Gasteiger partial charge in [-0.2, -0.15) is 0 Å². The standard InChI is InChI=1S/C20H16N2O2/c1-2-24-20(23)18-17(15-9-4-3-5-10-15)21-19-16-11-7-6-8-14(16)12-13-22(18)19/h3-13H,2H2,1H3. The minimum absolute atomic E-state index is 0.327. The van der Waals surface area contributed by atoms with Crippen molar-refractivity contribution < 1.29 is 9.53 Å². The predicted molar refractivity (Wildman–Crippen MR) is 94.1 cm³/mol. The van der Waals surface area contributed by atoms with Crippen molar-refractivity contribution in [1.82, 2.24) is 9.38 Å². The van der Waals surface area contributed by atoms with Gasteiger partial charge in [0.1, 0.15) is 11.3 Å². The molecular weight excluding hydrogens is 300 g/mol. The Morgan fingerprint density at radius 3 is 2.58 bits per heavy atom. The van der Waals surface area contributed by atoms with Crippen LogP contribution in [0.3, 0.4) is 0 Å². The fourth-order valence-electron chi connectivity index (χ4n) is 2.96. The van der Waals surface area contributed by atoms with E-state index in [1.807, 2.05) is 71.3 Å². The molecule has 0 aliphatic carbocycles. The van der Waals surface area contributed by atoms with Crippen LogP contribution in [0.15, 0.2) is 66.9 Å². The highest BCUT2D eigenvalue weighted by Gasteiger charge is 2.22. The maximum Gasteiger partial charge on any atom is 0.357 e. The number of esters is 1. The Balaban J connectivity index is 2.08. The third-order valence-electron chi connectivity index (χ3n) is 4.03. The van der Waals surface area contributed by atoms with Gasteiger partial charge in [-0.25, -0.2) is 9.78 Å². The monoisotopic (exact) mass is 316 g/mol. The second-order valence-corrected chi connectivity index (χ2v) is 5.49. The predicted octanol–water partition coefficient (Wildman–Crippen LogP) is 4.33. The van der Waals surface area contributed by atoms with Gasteiger partial charge in [-0.1, -0.05) is 54.6 Å². The zero-order chi connectivity index (χ0) is 16.5. The highest BCUT2D eigenvalue weighted by Crippen LogP contribution is 2.28. The quantitative estimate of drug-likeness (QED) is 0.528. The first-order valence-electron chi connectivity index (χ1n) is 7.92. The molecule has 0 atom stereocenters. The number of benzene rings is 2. The molecule has 2 heterocycles. The number of imidazole rings is 1. The molecule has 0 saturated heterocycles. The van der Waals surface area contributed by atoms with Crippen LogP contribution in [0, 0.1) is 0 Å². The summed E-state index contributed by atoms with van der Waals surface area (Å²) in [6, 6.07) is 19.7. The summed E-state index contributed by atoms with van der Waals surface area (Å²) in [6.07, 6.45) is 1.88. The largest absolute Gasteiger partial charge is 0.461 e. The molecule has 2 aromatic heterocycles. The molecule has 4 rings (SSSR count). The van der Waals surface area contributed by atoms with Crippen LogP contribution in [0.4, 0.5) is 0 Å². The highest BCUT2D eigenvalue weighted by molar-refractivity contribution is 6.01. The molecule has 0 fully saturated rings. The van der Waals surface area contributed by atoms with Crippen LogP contribution in [0.2, 0.25) is 0 Å². The second-order valence-electron chi connectivity index (χ2n) is 5.49. The average Bonchev–Trinajstić information content (AvgIpc) is 3.03. The normalized spacial score (nSPS) is 11.0. The van der Waals surface area contributed by atoms with Gasteiger partial charge >= 0.3 is 5.97 Å². The third-order valence-corrected chi connectivity index (χ3v) is 4.03. The van der Waals surface area contributed by atoms with Gasteiger partial charge < -0.3 is 4.74 Å². The first-order valence-corrected chi connectivity index (χ1v) is 7.92. The van der Waals surface area contributed by atoms with E-state index in [1.54, 1.807) is 6.92 Å². The lowest BCUT2D eigenvalue weighted by atomic mass is 10.1. The fourth-order valence-corrected chi connectivity index (χ4v) is 2.96. The molecule has 118 valence electrons. The van der Waals surface area contributed by atoms with E-state index in [1.165, 1.54) is 0 Å². The Labute approximate surface area is 139 Å². The average molecular weight is 316 g/mol. The Bertz CT molecular complexity index is 1040. The van der Waals surface area contributed by atoms with Crippen molar-refractivity contribution >= 4 is 22.4 Å². The van der Waals surface area contributed by atoms with Crippen LogP contribution in [0.1, 0.15) is 17.4 Å². The first kappa shape index (κ1) is 14.5. The van der Waals surface area contributed by atoms with Crippen LogP contribution < -0.4 is 0 Å². The maximum absolute atomic E-state index is 12.6. The van der Waals surface area contributed by atoms with Gasteiger partial charge in [0.2, 0.25) is 0 Å². The molecule has 0 radical (unpaired) electrons. The second kappa shape index (κ2) is 5.81. The van der Waals surface area contributed by atoms with Crippen LogP contribution in [-0.4, -0.2) is 22.0 Å². The fraction of sp³-hybridized carbons (Fsp3) is 0.100. The van der Waals surface area contributed by atoms with E-state index < -0.39 is 0 Å². The van der Waals surface area contributed by atoms with Crippen LogP contribution in [0.25, 0.3) is 27.7 Å². The highest BCUT2D eigenvalue weighted by atomic mass is 16.5. The SMILES string of the molecule is CCOC(=O)c1c(-c2ccccc2)nc2c3ccccc3ccn12. The van der Waals surface area contributed by atoms with E-state index in [9.17, 15) is 4.79 Å². The lowest BCUT2D eigenvalue weighted by molar-refractivity contribution is 0.0519. The molecule has 0 N–H and O–H groups in total. The Morgan fingerprint density at radius 1 is 1.04 bits per heavy atom. The number of nitrogens with zero attached hydrogens (tertiary/aromatic N) is 2.